The van der Waals surface area contributed by atoms with Gasteiger partial charge in [0.25, 0.3) is 4.92 Å². The van der Waals surface area contributed by atoms with Gasteiger partial charge >= 0.3 is 5.69 Å². The van der Waals surface area contributed by atoms with Gasteiger partial charge in [-0.3, -0.25) is 4.90 Å². The average Bonchev–Trinajstić information content (AvgIpc) is 2.67. The minimum Gasteiger partial charge on any atom is -0.299 e. The SMILES string of the molecule is O=[N+](O)c1ccc2c(c1)CN(CCCCNS(=O)(=O)c1cccc(F)c1)CC2. The molecule has 150 valence electrons. The lowest BCUT2D eigenvalue weighted by Crippen LogP contribution is -2.32. The van der Waals surface area contributed by atoms with E-state index >= 15 is 0 Å². The Morgan fingerprint density at radius 1 is 1.14 bits per heavy atom. The highest BCUT2D eigenvalue weighted by molar-refractivity contribution is 7.89. The number of rotatable bonds is 8. The fourth-order valence-electron chi connectivity index (χ4n) is 3.30. The third kappa shape index (κ3) is 5.12. The number of nitrogens with zero attached hydrogens (tertiary/aromatic N) is 2. The second-order valence-corrected chi connectivity index (χ2v) is 8.58. The molecule has 1 aliphatic heterocycles. The Bertz CT molecular complexity index is 965. The van der Waals surface area contributed by atoms with E-state index in [1.807, 2.05) is 6.07 Å². The van der Waals surface area contributed by atoms with Crippen LogP contribution in [0.1, 0.15) is 24.0 Å². The van der Waals surface area contributed by atoms with Crippen molar-refractivity contribution in [2.45, 2.75) is 30.7 Å². The van der Waals surface area contributed by atoms with Crippen molar-refractivity contribution in [1.29, 1.82) is 0 Å². The van der Waals surface area contributed by atoms with Gasteiger partial charge in [0.15, 0.2) is 0 Å². The molecule has 0 radical (unpaired) electrons. The van der Waals surface area contributed by atoms with Gasteiger partial charge in [0.1, 0.15) is 5.82 Å². The number of hydrogen-bond acceptors (Lipinski definition) is 4. The minimum absolute atomic E-state index is 0.0766. The molecule has 0 fully saturated rings. The number of halogens is 1. The minimum atomic E-state index is -3.70. The quantitative estimate of drug-likeness (QED) is 0.518. The molecule has 9 heteroatoms. The largest absolute Gasteiger partial charge is 0.316 e. The summed E-state index contributed by atoms with van der Waals surface area (Å²) in [4.78, 5) is 13.1. The monoisotopic (exact) mass is 408 g/mol. The molecule has 0 atom stereocenters. The van der Waals surface area contributed by atoms with E-state index in [2.05, 4.69) is 9.62 Å². The number of nitrogens with one attached hydrogen (secondary N) is 1. The van der Waals surface area contributed by atoms with Crippen LogP contribution in [0.3, 0.4) is 0 Å². The highest BCUT2D eigenvalue weighted by Gasteiger charge is 2.20. The third-order valence-electron chi connectivity index (χ3n) is 4.80. The molecule has 0 unspecified atom stereocenters. The van der Waals surface area contributed by atoms with E-state index in [1.54, 1.807) is 12.1 Å². The lowest BCUT2D eigenvalue weighted by atomic mass is 9.99. The van der Waals surface area contributed by atoms with E-state index in [0.29, 0.717) is 13.0 Å². The normalized spacial score (nSPS) is 14.6. The molecule has 0 spiro atoms. The molecule has 2 N–H and O–H groups in total. The molecule has 0 aliphatic carbocycles. The Morgan fingerprint density at radius 2 is 1.96 bits per heavy atom. The van der Waals surface area contributed by atoms with Gasteiger partial charge in [-0.25, -0.2) is 22.7 Å². The van der Waals surface area contributed by atoms with Crippen LogP contribution in [0, 0.1) is 10.7 Å². The highest BCUT2D eigenvalue weighted by atomic mass is 32.2. The maximum atomic E-state index is 13.2. The summed E-state index contributed by atoms with van der Waals surface area (Å²) in [7, 11) is -3.70. The van der Waals surface area contributed by atoms with E-state index < -0.39 is 15.8 Å². The molecule has 3 rings (SSSR count). The average molecular weight is 408 g/mol. The first-order chi connectivity index (χ1) is 13.3. The number of unbranched alkanes of at least 4 members (excludes halogenated alkanes) is 1. The second-order valence-electron chi connectivity index (χ2n) is 6.81. The van der Waals surface area contributed by atoms with Gasteiger partial charge in [-0.05, 0) is 55.1 Å². The summed E-state index contributed by atoms with van der Waals surface area (Å²) in [6.45, 7) is 2.66. The van der Waals surface area contributed by atoms with E-state index in [9.17, 15) is 17.7 Å². The first-order valence-electron chi connectivity index (χ1n) is 9.11. The standard InChI is InChI=1S/C19H23FN3O4S/c20-17-4-3-5-19(13-17)28(26,27)21-9-1-2-10-22-11-8-15-6-7-18(23(24)25)12-16(15)14-22/h3-7,12-13,21H,1-2,8-11,14H2,(H,24,25)/q+1. The molecule has 1 heterocycles. The first kappa shape index (κ1) is 20.4. The summed E-state index contributed by atoms with van der Waals surface area (Å²) in [5.74, 6) is -0.585. The van der Waals surface area contributed by atoms with Crippen molar-refractivity contribution in [2.75, 3.05) is 19.6 Å². The predicted molar refractivity (Wildman–Crippen MR) is 101 cm³/mol. The van der Waals surface area contributed by atoms with Crippen molar-refractivity contribution in [1.82, 2.24) is 9.62 Å². The topological polar surface area (TPSA) is 89.7 Å². The summed E-state index contributed by atoms with van der Waals surface area (Å²) in [6.07, 6.45) is 2.32. The van der Waals surface area contributed by atoms with Crippen LogP contribution in [0.25, 0.3) is 0 Å². The summed E-state index contributed by atoms with van der Waals surface area (Å²) >= 11 is 0. The van der Waals surface area contributed by atoms with Gasteiger partial charge in [0, 0.05) is 31.8 Å². The summed E-state index contributed by atoms with van der Waals surface area (Å²) < 4.78 is 40.0. The van der Waals surface area contributed by atoms with Gasteiger partial charge in [-0.15, -0.1) is 0 Å². The zero-order valence-corrected chi connectivity index (χ0v) is 16.2. The Morgan fingerprint density at radius 3 is 2.71 bits per heavy atom. The molecule has 0 bridgehead atoms. The zero-order chi connectivity index (χ0) is 20.1. The molecule has 1 aliphatic rings. The van der Waals surface area contributed by atoms with Crippen molar-refractivity contribution in [3.63, 3.8) is 0 Å². The van der Waals surface area contributed by atoms with Gasteiger partial charge in [-0.2, -0.15) is 0 Å². The number of hydrogen-bond donors (Lipinski definition) is 2. The molecule has 0 saturated carbocycles. The van der Waals surface area contributed by atoms with Crippen LogP contribution in [0.4, 0.5) is 10.1 Å². The predicted octanol–water partition coefficient (Wildman–Crippen LogP) is 2.74. The van der Waals surface area contributed by atoms with E-state index in [-0.39, 0.29) is 22.1 Å². The molecule has 7 nitrogen and oxygen atoms in total. The molecular weight excluding hydrogens is 385 g/mol. The number of benzene rings is 2. The van der Waals surface area contributed by atoms with Crippen molar-refractivity contribution >= 4 is 15.7 Å². The second kappa shape index (κ2) is 8.76. The smallest absolute Gasteiger partial charge is 0.299 e. The maximum absolute atomic E-state index is 13.2. The molecular formula is C19H23FN3O4S+. The van der Waals surface area contributed by atoms with Crippen LogP contribution in [0.2, 0.25) is 0 Å². The molecule has 0 saturated heterocycles. The lowest BCUT2D eigenvalue weighted by molar-refractivity contribution is -0.729. The zero-order valence-electron chi connectivity index (χ0n) is 15.3. The van der Waals surface area contributed by atoms with Crippen LogP contribution in [0.5, 0.6) is 0 Å². The van der Waals surface area contributed by atoms with Crippen LogP contribution in [-0.4, -0.2) is 43.1 Å². The summed E-state index contributed by atoms with van der Waals surface area (Å²) in [5, 5.41) is 9.04. The third-order valence-corrected chi connectivity index (χ3v) is 6.26. The van der Waals surface area contributed by atoms with Crippen molar-refractivity contribution in [3.05, 3.63) is 64.3 Å². The Hall–Kier alpha value is -2.36. The van der Waals surface area contributed by atoms with Crippen LogP contribution < -0.4 is 4.72 Å². The van der Waals surface area contributed by atoms with Gasteiger partial charge < -0.3 is 0 Å². The lowest BCUT2D eigenvalue weighted by Gasteiger charge is -2.28. The maximum Gasteiger partial charge on any atom is 0.316 e. The van der Waals surface area contributed by atoms with Crippen LogP contribution in [0.15, 0.2) is 47.4 Å². The van der Waals surface area contributed by atoms with Crippen molar-refractivity contribution in [2.24, 2.45) is 0 Å². The summed E-state index contributed by atoms with van der Waals surface area (Å²) in [5.41, 5.74) is 2.41. The Labute approximate surface area is 163 Å². The van der Waals surface area contributed by atoms with E-state index in [0.717, 1.165) is 37.6 Å². The molecule has 0 aromatic heterocycles. The number of fused-ring (bicyclic) bond motifs is 1. The fraction of sp³-hybridized carbons (Fsp3) is 0.368. The fourth-order valence-corrected chi connectivity index (χ4v) is 4.40. The van der Waals surface area contributed by atoms with Crippen LogP contribution >= 0.6 is 0 Å². The molecule has 2 aromatic rings. The molecule has 2 aromatic carbocycles. The van der Waals surface area contributed by atoms with Crippen molar-refractivity contribution < 1.29 is 22.9 Å². The van der Waals surface area contributed by atoms with Crippen molar-refractivity contribution in [3.8, 4) is 0 Å². The first-order valence-corrected chi connectivity index (χ1v) is 10.6. The summed E-state index contributed by atoms with van der Waals surface area (Å²) in [6, 6.07) is 10.1. The Kier molecular flexibility index (Phi) is 6.38. The Balaban J connectivity index is 1.45. The van der Waals surface area contributed by atoms with Gasteiger partial charge in [0.05, 0.1) is 9.80 Å². The van der Waals surface area contributed by atoms with Crippen LogP contribution in [-0.2, 0) is 23.0 Å². The highest BCUT2D eigenvalue weighted by Crippen LogP contribution is 2.23. The van der Waals surface area contributed by atoms with Gasteiger partial charge in [-0.1, -0.05) is 12.1 Å². The van der Waals surface area contributed by atoms with Gasteiger partial charge in [0.2, 0.25) is 10.0 Å². The molecule has 28 heavy (non-hydrogen) atoms. The van der Waals surface area contributed by atoms with E-state index in [1.165, 1.54) is 23.8 Å². The molecule has 0 amide bonds. The van der Waals surface area contributed by atoms with E-state index in [4.69, 9.17) is 5.21 Å². The number of sulfonamides is 1.